The molecule has 0 aliphatic carbocycles. The van der Waals surface area contributed by atoms with E-state index in [0.717, 1.165) is 48.7 Å². The predicted molar refractivity (Wildman–Crippen MR) is 102 cm³/mol. The van der Waals surface area contributed by atoms with E-state index >= 15 is 0 Å². The Bertz CT molecular complexity index is 841. The number of fused-ring (bicyclic) bond motifs is 1. The third-order valence-electron chi connectivity index (χ3n) is 4.95. The standard InChI is InChI=1S/C19H21BClN3O/c1-2-3-4-14-11-20(12-22)10-9-16-17(14)23-18(24-19(16)25)13-5-7-15(21)8-6-13/h5-8,14H,2-4,9-11H2,1H3,(H,23,24,25). The SMILES string of the molecule is CCCCC1CB(C#N)CCc2c1nc(-c1ccc(Cl)cc1)[nH]c2=O. The summed E-state index contributed by atoms with van der Waals surface area (Å²) in [6.45, 7) is 2.15. The molecule has 1 unspecified atom stereocenters. The van der Waals surface area contributed by atoms with Gasteiger partial charge in [-0.15, -0.1) is 0 Å². The van der Waals surface area contributed by atoms with Gasteiger partial charge >= 0.3 is 0 Å². The Morgan fingerprint density at radius 3 is 2.84 bits per heavy atom. The quantitative estimate of drug-likeness (QED) is 0.824. The summed E-state index contributed by atoms with van der Waals surface area (Å²) in [5.74, 6) is 3.16. The first-order valence-corrected chi connectivity index (χ1v) is 9.28. The molecule has 0 radical (unpaired) electrons. The molecule has 1 atom stereocenters. The van der Waals surface area contributed by atoms with Crippen molar-refractivity contribution in [3.63, 3.8) is 0 Å². The second kappa shape index (κ2) is 7.88. The van der Waals surface area contributed by atoms with E-state index in [9.17, 15) is 10.1 Å². The molecule has 0 fully saturated rings. The Morgan fingerprint density at radius 2 is 2.16 bits per heavy atom. The van der Waals surface area contributed by atoms with Crippen molar-refractivity contribution in [2.24, 2.45) is 0 Å². The molecule has 1 N–H and O–H groups in total. The fourth-order valence-corrected chi connectivity index (χ4v) is 3.68. The third kappa shape index (κ3) is 3.96. The highest BCUT2D eigenvalue weighted by atomic mass is 35.5. The number of hydrogen-bond donors (Lipinski definition) is 1. The smallest absolute Gasteiger partial charge is 0.268 e. The zero-order valence-electron chi connectivity index (χ0n) is 14.4. The molecule has 0 saturated carbocycles. The van der Waals surface area contributed by atoms with E-state index < -0.39 is 0 Å². The van der Waals surface area contributed by atoms with Crippen molar-refractivity contribution in [2.45, 2.75) is 51.2 Å². The normalized spacial score (nSPS) is 16.8. The van der Waals surface area contributed by atoms with Gasteiger partial charge in [0.2, 0.25) is 0 Å². The Kier molecular flexibility index (Phi) is 5.60. The van der Waals surface area contributed by atoms with Crippen molar-refractivity contribution >= 4 is 18.3 Å². The third-order valence-corrected chi connectivity index (χ3v) is 5.20. The number of hydrogen-bond acceptors (Lipinski definition) is 3. The van der Waals surface area contributed by atoms with Crippen LogP contribution < -0.4 is 5.56 Å². The van der Waals surface area contributed by atoms with E-state index in [2.05, 4.69) is 17.9 Å². The van der Waals surface area contributed by atoms with E-state index in [4.69, 9.17) is 16.6 Å². The minimum absolute atomic E-state index is 0.00515. The number of halogens is 1. The summed E-state index contributed by atoms with van der Waals surface area (Å²) >= 11 is 5.96. The lowest BCUT2D eigenvalue weighted by atomic mass is 9.44. The largest absolute Gasteiger partial charge is 0.306 e. The summed E-state index contributed by atoms with van der Waals surface area (Å²) in [5, 5.41) is 10.0. The van der Waals surface area contributed by atoms with Crippen molar-refractivity contribution in [1.29, 1.82) is 5.26 Å². The van der Waals surface area contributed by atoms with Crippen LogP contribution in [-0.4, -0.2) is 16.7 Å². The molecule has 1 aliphatic rings. The predicted octanol–water partition coefficient (Wildman–Crippen LogP) is 4.48. The summed E-state index contributed by atoms with van der Waals surface area (Å²) in [5.41, 5.74) is 2.42. The molecule has 4 nitrogen and oxygen atoms in total. The van der Waals surface area contributed by atoms with E-state index in [-0.39, 0.29) is 18.2 Å². The zero-order chi connectivity index (χ0) is 17.8. The first kappa shape index (κ1) is 17.8. The number of aromatic nitrogens is 2. The minimum atomic E-state index is -0.0740. The van der Waals surface area contributed by atoms with Gasteiger partial charge in [0.25, 0.3) is 12.3 Å². The average Bonchev–Trinajstić information content (AvgIpc) is 2.80. The lowest BCUT2D eigenvalue weighted by Gasteiger charge is -2.17. The van der Waals surface area contributed by atoms with E-state index in [1.807, 2.05) is 12.1 Å². The van der Waals surface area contributed by atoms with Gasteiger partial charge in [-0.05, 0) is 43.0 Å². The van der Waals surface area contributed by atoms with Gasteiger partial charge in [-0.2, -0.15) is 0 Å². The number of H-pyrrole nitrogens is 1. The first-order valence-electron chi connectivity index (χ1n) is 8.91. The Hall–Kier alpha value is -2.06. The number of unbranched alkanes of at least 4 members (excludes halogenated alkanes) is 1. The summed E-state index contributed by atoms with van der Waals surface area (Å²) in [7, 11) is 0. The lowest BCUT2D eigenvalue weighted by molar-refractivity contribution is 0.605. The molecule has 1 aromatic heterocycles. The van der Waals surface area contributed by atoms with Gasteiger partial charge < -0.3 is 4.98 Å². The van der Waals surface area contributed by atoms with Crippen LogP contribution in [0, 0.1) is 11.2 Å². The highest BCUT2D eigenvalue weighted by Crippen LogP contribution is 2.33. The number of nitriles is 1. The van der Waals surface area contributed by atoms with Crippen LogP contribution in [-0.2, 0) is 6.42 Å². The molecule has 6 heteroatoms. The van der Waals surface area contributed by atoms with E-state index in [1.165, 1.54) is 0 Å². The molecular weight excluding hydrogens is 332 g/mol. The molecule has 0 amide bonds. The van der Waals surface area contributed by atoms with E-state index in [0.29, 0.717) is 17.3 Å². The average molecular weight is 354 g/mol. The Labute approximate surface area is 153 Å². The number of aromatic amines is 1. The maximum absolute atomic E-state index is 12.7. The monoisotopic (exact) mass is 353 g/mol. The molecule has 2 heterocycles. The summed E-state index contributed by atoms with van der Waals surface area (Å²) in [4.78, 5) is 20.4. The summed E-state index contributed by atoms with van der Waals surface area (Å²) in [6.07, 6.45) is 5.29. The van der Waals surface area contributed by atoms with Crippen molar-refractivity contribution in [3.05, 3.63) is 50.9 Å². The van der Waals surface area contributed by atoms with Gasteiger partial charge in [0.05, 0.1) is 5.69 Å². The van der Waals surface area contributed by atoms with Crippen molar-refractivity contribution < 1.29 is 0 Å². The molecule has 0 bridgehead atoms. The number of benzene rings is 1. The van der Waals surface area contributed by atoms with Gasteiger partial charge in [-0.25, -0.2) is 10.2 Å². The number of nitrogens with one attached hydrogen (secondary N) is 1. The fourth-order valence-electron chi connectivity index (χ4n) is 3.55. The van der Waals surface area contributed by atoms with Gasteiger partial charge in [-0.3, -0.25) is 4.79 Å². The summed E-state index contributed by atoms with van der Waals surface area (Å²) < 4.78 is 0. The van der Waals surface area contributed by atoms with Crippen molar-refractivity contribution in [1.82, 2.24) is 9.97 Å². The molecule has 128 valence electrons. The maximum atomic E-state index is 12.7. The van der Waals surface area contributed by atoms with Crippen LogP contribution >= 0.6 is 11.6 Å². The molecular formula is C19H21BClN3O. The Morgan fingerprint density at radius 1 is 1.40 bits per heavy atom. The second-order valence-electron chi connectivity index (χ2n) is 6.72. The first-order chi connectivity index (χ1) is 12.1. The van der Waals surface area contributed by atoms with Crippen LogP contribution in [0.2, 0.25) is 17.7 Å². The van der Waals surface area contributed by atoms with Crippen LogP contribution in [0.25, 0.3) is 11.4 Å². The molecule has 0 spiro atoms. The van der Waals surface area contributed by atoms with Crippen LogP contribution in [0.5, 0.6) is 0 Å². The van der Waals surface area contributed by atoms with Gasteiger partial charge in [0, 0.05) is 22.1 Å². The minimum Gasteiger partial charge on any atom is -0.306 e. The molecule has 0 saturated heterocycles. The van der Waals surface area contributed by atoms with Crippen LogP contribution in [0.3, 0.4) is 0 Å². The zero-order valence-corrected chi connectivity index (χ0v) is 15.1. The van der Waals surface area contributed by atoms with Crippen LogP contribution in [0.1, 0.15) is 43.4 Å². The van der Waals surface area contributed by atoms with Crippen molar-refractivity contribution in [3.8, 4) is 17.4 Å². The fraction of sp³-hybridized carbons (Fsp3) is 0.421. The second-order valence-corrected chi connectivity index (χ2v) is 7.16. The summed E-state index contributed by atoms with van der Waals surface area (Å²) in [6, 6.07) is 7.32. The lowest BCUT2D eigenvalue weighted by Crippen LogP contribution is -2.19. The van der Waals surface area contributed by atoms with E-state index in [1.54, 1.807) is 12.1 Å². The molecule has 1 aliphatic heterocycles. The van der Waals surface area contributed by atoms with Crippen molar-refractivity contribution in [2.75, 3.05) is 0 Å². The Balaban J connectivity index is 2.06. The molecule has 3 rings (SSSR count). The topological polar surface area (TPSA) is 69.5 Å². The molecule has 25 heavy (non-hydrogen) atoms. The number of nitrogens with zero attached hydrogens (tertiary/aromatic N) is 2. The van der Waals surface area contributed by atoms with Gasteiger partial charge in [0.15, 0.2) is 0 Å². The highest BCUT2D eigenvalue weighted by molar-refractivity contribution is 6.67. The maximum Gasteiger partial charge on any atom is 0.268 e. The van der Waals surface area contributed by atoms with Crippen LogP contribution in [0.4, 0.5) is 0 Å². The van der Waals surface area contributed by atoms with Crippen LogP contribution in [0.15, 0.2) is 29.1 Å². The molecule has 2 aromatic rings. The van der Waals surface area contributed by atoms with Gasteiger partial charge in [0.1, 0.15) is 5.82 Å². The highest BCUT2D eigenvalue weighted by Gasteiger charge is 2.30. The van der Waals surface area contributed by atoms with Gasteiger partial charge in [-0.1, -0.05) is 44.0 Å². The number of rotatable bonds is 4. The molecule has 1 aromatic carbocycles.